The maximum absolute atomic E-state index is 13.0. The van der Waals surface area contributed by atoms with Gasteiger partial charge in [-0.15, -0.1) is 0 Å². The SMILES string of the molecule is CC/C=C\C/C=C\C/C=C\C/C=C\C/C=C\CCCCCC(=O)O[C@H](COC(=O)CCC/C=C\C/C=C\CC1OC1C/C=C\CCCCC)COP(=O)(O)O[C@H]1C(O)C(O)C(O)[C@@H](OP(=O)(O)O)C1O. The summed E-state index contributed by atoms with van der Waals surface area (Å²) in [6.45, 7) is 2.88. The molecule has 1 saturated carbocycles. The van der Waals surface area contributed by atoms with Gasteiger partial charge in [-0.3, -0.25) is 23.2 Å². The lowest BCUT2D eigenvalue weighted by atomic mass is 9.85. The van der Waals surface area contributed by atoms with Crippen molar-refractivity contribution in [3.05, 3.63) is 97.2 Å². The van der Waals surface area contributed by atoms with Crippen LogP contribution in [0.5, 0.6) is 0 Å². The topological polar surface area (TPSA) is 269 Å². The van der Waals surface area contributed by atoms with Gasteiger partial charge in [-0.25, -0.2) is 9.13 Å². The van der Waals surface area contributed by atoms with Gasteiger partial charge in [-0.2, -0.15) is 0 Å². The standard InChI is InChI=1S/C51H82O17P2/c1-3-5-7-9-11-12-13-14-15-16-17-18-19-20-21-22-25-30-34-38-45(53)65-41(40-64-70(61,62)68-51-48(56)46(54)47(55)50(49(51)57)67-69(58,59)60)39-63-44(52)37-33-29-26-23-24-28-32-36-43-42(66-43)35-31-27-10-8-6-4-2/h5,7,11-12,14-15,17-18,20-21,23,26-28,31-32,41-43,46-51,54-57H,3-4,6,8-10,13,16,19,22,24-25,29-30,33-40H2,1-2H3,(H,61,62)(H2,58,59,60)/b7-5-,12-11-,15-14-,18-17-,21-20-,26-23-,31-27-,32-28-/t41-,42?,43?,46?,47?,48?,49?,50-,51+/m1/s1. The molecule has 0 radical (unpaired) electrons. The fourth-order valence-corrected chi connectivity index (χ4v) is 8.62. The van der Waals surface area contributed by atoms with Gasteiger partial charge in [0.1, 0.15) is 43.2 Å². The molecule has 2 rings (SSSR count). The van der Waals surface area contributed by atoms with Crippen molar-refractivity contribution in [3.63, 3.8) is 0 Å². The first-order chi connectivity index (χ1) is 33.6. The van der Waals surface area contributed by atoms with Crippen LogP contribution in [0.2, 0.25) is 0 Å². The molecular formula is C51H82O17P2. The molecule has 1 saturated heterocycles. The number of esters is 2. The van der Waals surface area contributed by atoms with Gasteiger partial charge in [0.15, 0.2) is 6.10 Å². The van der Waals surface area contributed by atoms with Crippen molar-refractivity contribution in [1.29, 1.82) is 0 Å². The number of aliphatic hydroxyl groups excluding tert-OH is 4. The van der Waals surface area contributed by atoms with Gasteiger partial charge in [0, 0.05) is 12.8 Å². The quantitative estimate of drug-likeness (QED) is 0.00995. The molecule has 0 aromatic rings. The molecule has 19 heteroatoms. The van der Waals surface area contributed by atoms with Crippen LogP contribution < -0.4 is 0 Å². The van der Waals surface area contributed by atoms with E-state index in [1.165, 1.54) is 19.3 Å². The number of unbranched alkanes of at least 4 members (excludes halogenated alkanes) is 7. The van der Waals surface area contributed by atoms with Crippen molar-refractivity contribution in [3.8, 4) is 0 Å². The summed E-state index contributed by atoms with van der Waals surface area (Å²) < 4.78 is 55.1. The van der Waals surface area contributed by atoms with E-state index in [0.717, 1.165) is 70.6 Å². The van der Waals surface area contributed by atoms with E-state index in [9.17, 15) is 53.8 Å². The minimum absolute atomic E-state index is 0.0156. The molecular weight excluding hydrogens is 946 g/mol. The first-order valence-corrected chi connectivity index (χ1v) is 27.9. The number of rotatable bonds is 39. The number of epoxide rings is 1. The van der Waals surface area contributed by atoms with Crippen LogP contribution in [0, 0.1) is 0 Å². The molecule has 0 amide bonds. The van der Waals surface area contributed by atoms with E-state index in [2.05, 4.69) is 103 Å². The normalized spacial score (nSPS) is 24.7. The van der Waals surface area contributed by atoms with Crippen molar-refractivity contribution >= 4 is 27.6 Å². The van der Waals surface area contributed by atoms with Crippen LogP contribution in [0.25, 0.3) is 0 Å². The molecule has 7 N–H and O–H groups in total. The number of carbonyl (C=O) groups is 2. The van der Waals surface area contributed by atoms with E-state index in [0.29, 0.717) is 31.8 Å². The molecule has 0 spiro atoms. The zero-order valence-electron chi connectivity index (χ0n) is 41.1. The van der Waals surface area contributed by atoms with E-state index in [1.54, 1.807) is 0 Å². The van der Waals surface area contributed by atoms with Crippen LogP contribution in [0.3, 0.4) is 0 Å². The average molecular weight is 1030 g/mol. The summed E-state index contributed by atoms with van der Waals surface area (Å²) in [5.41, 5.74) is 0. The highest BCUT2D eigenvalue weighted by atomic mass is 31.2. The first-order valence-electron chi connectivity index (χ1n) is 24.9. The first kappa shape index (κ1) is 63.0. The highest BCUT2D eigenvalue weighted by Gasteiger charge is 2.54. The average Bonchev–Trinajstić information content (AvgIpc) is 4.08. The zero-order chi connectivity index (χ0) is 51.5. The Labute approximate surface area is 415 Å². The molecule has 10 atom stereocenters. The van der Waals surface area contributed by atoms with Gasteiger partial charge < -0.3 is 49.3 Å². The Morgan fingerprint density at radius 3 is 1.56 bits per heavy atom. The van der Waals surface area contributed by atoms with Crippen molar-refractivity contribution in [2.45, 2.75) is 197 Å². The molecule has 2 aliphatic rings. The minimum Gasteiger partial charge on any atom is -0.462 e. The molecule has 1 aliphatic carbocycles. The van der Waals surface area contributed by atoms with E-state index < -0.39 is 83.5 Å². The van der Waals surface area contributed by atoms with E-state index in [1.807, 2.05) is 12.2 Å². The number of hydrogen-bond donors (Lipinski definition) is 7. The van der Waals surface area contributed by atoms with Crippen molar-refractivity contribution in [1.82, 2.24) is 0 Å². The van der Waals surface area contributed by atoms with Gasteiger partial charge in [-0.1, -0.05) is 130 Å². The summed E-state index contributed by atoms with van der Waals surface area (Å²) in [7, 11) is -10.7. The van der Waals surface area contributed by atoms with Crippen LogP contribution in [0.4, 0.5) is 0 Å². The summed E-state index contributed by atoms with van der Waals surface area (Å²) in [5, 5.41) is 41.3. The Hall–Kier alpha value is -3.12. The van der Waals surface area contributed by atoms with Crippen LogP contribution in [-0.4, -0.2) is 115 Å². The highest BCUT2D eigenvalue weighted by molar-refractivity contribution is 7.47. The fraction of sp³-hybridized carbons (Fsp3) is 0.647. The second-order valence-corrected chi connectivity index (χ2v) is 19.8. The number of aliphatic hydroxyl groups is 4. The molecule has 70 heavy (non-hydrogen) atoms. The maximum Gasteiger partial charge on any atom is 0.472 e. The summed E-state index contributed by atoms with van der Waals surface area (Å²) >= 11 is 0. The molecule has 7 unspecified atom stereocenters. The molecule has 0 bridgehead atoms. The van der Waals surface area contributed by atoms with Crippen LogP contribution in [0.15, 0.2) is 97.2 Å². The third kappa shape index (κ3) is 30.7. The predicted molar refractivity (Wildman–Crippen MR) is 268 cm³/mol. The van der Waals surface area contributed by atoms with Gasteiger partial charge in [0.05, 0.1) is 18.8 Å². The molecule has 398 valence electrons. The molecule has 1 heterocycles. The minimum atomic E-state index is -5.38. The lowest BCUT2D eigenvalue weighted by Crippen LogP contribution is -2.64. The number of hydrogen-bond acceptors (Lipinski definition) is 14. The van der Waals surface area contributed by atoms with Gasteiger partial charge in [0.25, 0.3) is 0 Å². The molecule has 0 aromatic carbocycles. The second-order valence-electron chi connectivity index (χ2n) is 17.2. The number of phosphoric ester groups is 2. The number of allylic oxidation sites excluding steroid dienone is 14. The molecule has 2 fully saturated rings. The van der Waals surface area contributed by atoms with Crippen molar-refractivity contribution in [2.75, 3.05) is 13.2 Å². The summed E-state index contributed by atoms with van der Waals surface area (Å²) in [6, 6.07) is 0. The third-order valence-electron chi connectivity index (χ3n) is 11.0. The van der Waals surface area contributed by atoms with Gasteiger partial charge in [0.2, 0.25) is 0 Å². The Bertz CT molecular complexity index is 1790. The molecule has 17 nitrogen and oxygen atoms in total. The summed E-state index contributed by atoms with van der Waals surface area (Å²) in [4.78, 5) is 54.4. The Morgan fingerprint density at radius 1 is 0.529 bits per heavy atom. The smallest absolute Gasteiger partial charge is 0.462 e. The predicted octanol–water partition coefficient (Wildman–Crippen LogP) is 8.94. The Morgan fingerprint density at radius 2 is 1.00 bits per heavy atom. The third-order valence-corrected chi connectivity index (χ3v) is 12.5. The van der Waals surface area contributed by atoms with E-state index in [-0.39, 0.29) is 18.9 Å². The van der Waals surface area contributed by atoms with Crippen LogP contribution >= 0.6 is 15.6 Å². The number of ether oxygens (including phenoxy) is 3. The van der Waals surface area contributed by atoms with Crippen molar-refractivity contribution < 1.29 is 81.6 Å². The van der Waals surface area contributed by atoms with Crippen LogP contribution in [-0.2, 0) is 46.5 Å². The highest BCUT2D eigenvalue weighted by Crippen LogP contribution is 2.49. The Kier molecular flexibility index (Phi) is 33.8. The summed E-state index contributed by atoms with van der Waals surface area (Å²) in [6.07, 6.45) is 35.3. The van der Waals surface area contributed by atoms with Gasteiger partial charge >= 0.3 is 27.6 Å². The van der Waals surface area contributed by atoms with E-state index in [4.69, 9.17) is 23.3 Å². The second kappa shape index (κ2) is 37.6. The van der Waals surface area contributed by atoms with Gasteiger partial charge in [-0.05, 0) is 96.3 Å². The van der Waals surface area contributed by atoms with Crippen molar-refractivity contribution in [2.24, 2.45) is 0 Å². The molecule has 1 aliphatic heterocycles. The largest absolute Gasteiger partial charge is 0.472 e. The number of phosphoric acid groups is 2. The van der Waals surface area contributed by atoms with E-state index >= 15 is 0 Å². The monoisotopic (exact) mass is 1030 g/mol. The molecule has 0 aromatic heterocycles. The zero-order valence-corrected chi connectivity index (χ0v) is 42.9. The number of carbonyl (C=O) groups excluding carboxylic acids is 2. The Balaban J connectivity index is 1.82. The summed E-state index contributed by atoms with van der Waals surface area (Å²) in [5.74, 6) is -1.32. The maximum atomic E-state index is 13.0. The lowest BCUT2D eigenvalue weighted by molar-refractivity contribution is -0.216. The lowest BCUT2D eigenvalue weighted by Gasteiger charge is -2.43. The van der Waals surface area contributed by atoms with Crippen LogP contribution in [0.1, 0.15) is 142 Å². The fourth-order valence-electron chi connectivity index (χ4n) is 7.08.